The van der Waals surface area contributed by atoms with Crippen molar-refractivity contribution < 1.29 is 4.42 Å². The summed E-state index contributed by atoms with van der Waals surface area (Å²) in [6, 6.07) is 1.41. The third-order valence-corrected chi connectivity index (χ3v) is 8.68. The van der Waals surface area contributed by atoms with Crippen molar-refractivity contribution in [2.24, 2.45) is 17.8 Å². The van der Waals surface area contributed by atoms with Gasteiger partial charge in [0.25, 0.3) is 0 Å². The minimum Gasteiger partial charge on any atom is -0.425 e. The Balaban J connectivity index is 1.41. The summed E-state index contributed by atoms with van der Waals surface area (Å²) in [5.74, 6) is 5.46. The standard InChI is InChI=1S/C23H37N3O/c1-15-8-10-16(11-9-15)19-14-18-12-13-20(26(18)2)21(19)23-25-24-22(27-23)17-6-4-3-5-7-17/h15-21H,3-14H2,1-2H3. The first kappa shape index (κ1) is 18.1. The SMILES string of the molecule is CC1CCC(C2CC3CCC(C2c2nnc(C4CCCCC4)o2)N3C)CC1. The summed E-state index contributed by atoms with van der Waals surface area (Å²) >= 11 is 0. The molecule has 2 saturated heterocycles. The summed E-state index contributed by atoms with van der Waals surface area (Å²) < 4.78 is 6.45. The molecule has 4 aliphatic rings. The highest BCUT2D eigenvalue weighted by Crippen LogP contribution is 2.52. The number of likely N-dealkylation sites (N-methyl/N-ethyl adjacent to an activating group) is 1. The molecule has 3 heterocycles. The molecule has 1 aromatic rings. The maximum atomic E-state index is 6.45. The molecule has 27 heavy (non-hydrogen) atoms. The molecule has 150 valence electrons. The Morgan fingerprint density at radius 1 is 0.852 bits per heavy atom. The van der Waals surface area contributed by atoms with Crippen LogP contribution < -0.4 is 0 Å². The van der Waals surface area contributed by atoms with E-state index in [1.54, 1.807) is 0 Å². The molecular formula is C23H37N3O. The van der Waals surface area contributed by atoms with Crippen molar-refractivity contribution in [1.29, 1.82) is 0 Å². The Bertz CT molecular complexity index is 629. The second kappa shape index (κ2) is 7.50. The third-order valence-electron chi connectivity index (χ3n) is 8.68. The number of hydrogen-bond donors (Lipinski definition) is 0. The van der Waals surface area contributed by atoms with Gasteiger partial charge in [0.1, 0.15) is 0 Å². The smallest absolute Gasteiger partial charge is 0.221 e. The van der Waals surface area contributed by atoms with Crippen molar-refractivity contribution in [1.82, 2.24) is 15.1 Å². The average molecular weight is 372 g/mol. The molecule has 2 aliphatic heterocycles. The lowest BCUT2D eigenvalue weighted by molar-refractivity contribution is 0.0466. The van der Waals surface area contributed by atoms with Crippen LogP contribution in [-0.2, 0) is 0 Å². The maximum Gasteiger partial charge on any atom is 0.221 e. The number of aromatic nitrogens is 2. The Morgan fingerprint density at radius 3 is 2.37 bits per heavy atom. The Morgan fingerprint density at radius 2 is 1.59 bits per heavy atom. The van der Waals surface area contributed by atoms with Crippen LogP contribution in [0.25, 0.3) is 0 Å². The number of hydrogen-bond acceptors (Lipinski definition) is 4. The molecule has 5 rings (SSSR count). The van der Waals surface area contributed by atoms with Gasteiger partial charge in [-0.05, 0) is 69.7 Å². The summed E-state index contributed by atoms with van der Waals surface area (Å²) in [6.07, 6.45) is 16.2. The molecule has 4 unspecified atom stereocenters. The number of fused-ring (bicyclic) bond motifs is 2. The Hall–Kier alpha value is -0.900. The van der Waals surface area contributed by atoms with Gasteiger partial charge in [-0.25, -0.2) is 0 Å². The van der Waals surface area contributed by atoms with Crippen molar-refractivity contribution in [2.45, 2.75) is 108 Å². The van der Waals surface area contributed by atoms with E-state index < -0.39 is 0 Å². The Labute approximate surface area is 164 Å². The Kier molecular flexibility index (Phi) is 5.04. The fraction of sp³-hybridized carbons (Fsp3) is 0.913. The van der Waals surface area contributed by atoms with Crippen molar-refractivity contribution >= 4 is 0 Å². The largest absolute Gasteiger partial charge is 0.425 e. The maximum absolute atomic E-state index is 6.45. The zero-order valence-corrected chi connectivity index (χ0v) is 17.3. The minimum atomic E-state index is 0.469. The van der Waals surface area contributed by atoms with Crippen LogP contribution in [-0.4, -0.2) is 34.2 Å². The highest BCUT2D eigenvalue weighted by atomic mass is 16.4. The molecule has 2 aliphatic carbocycles. The molecule has 0 N–H and O–H groups in total. The van der Waals surface area contributed by atoms with Crippen molar-refractivity contribution in [3.63, 3.8) is 0 Å². The highest BCUT2D eigenvalue weighted by Gasteiger charge is 2.50. The van der Waals surface area contributed by atoms with Gasteiger partial charge in [0.2, 0.25) is 11.8 Å². The van der Waals surface area contributed by atoms with E-state index in [1.165, 1.54) is 77.0 Å². The first-order valence-electron chi connectivity index (χ1n) is 11.8. The first-order valence-corrected chi connectivity index (χ1v) is 11.8. The van der Waals surface area contributed by atoms with E-state index >= 15 is 0 Å². The van der Waals surface area contributed by atoms with E-state index in [-0.39, 0.29) is 0 Å². The predicted octanol–water partition coefficient (Wildman–Crippen LogP) is 5.51. The van der Waals surface area contributed by atoms with Crippen LogP contribution in [0.3, 0.4) is 0 Å². The monoisotopic (exact) mass is 371 g/mol. The molecule has 4 nitrogen and oxygen atoms in total. The summed E-state index contributed by atoms with van der Waals surface area (Å²) in [5, 5.41) is 9.26. The lowest BCUT2D eigenvalue weighted by Gasteiger charge is -2.46. The zero-order valence-electron chi connectivity index (χ0n) is 17.3. The fourth-order valence-corrected chi connectivity index (χ4v) is 6.95. The molecule has 0 aromatic carbocycles. The van der Waals surface area contributed by atoms with Crippen molar-refractivity contribution in [3.05, 3.63) is 11.8 Å². The van der Waals surface area contributed by atoms with Gasteiger partial charge in [-0.3, -0.25) is 4.90 Å². The quantitative estimate of drug-likeness (QED) is 0.702. The van der Waals surface area contributed by atoms with Gasteiger partial charge in [0.15, 0.2) is 0 Å². The van der Waals surface area contributed by atoms with Crippen LogP contribution in [0.15, 0.2) is 4.42 Å². The minimum absolute atomic E-state index is 0.469. The van der Waals surface area contributed by atoms with Crippen molar-refractivity contribution in [2.75, 3.05) is 7.05 Å². The van der Waals surface area contributed by atoms with Crippen LogP contribution >= 0.6 is 0 Å². The summed E-state index contributed by atoms with van der Waals surface area (Å²) in [7, 11) is 2.34. The number of rotatable bonds is 3. The van der Waals surface area contributed by atoms with Crippen LogP contribution in [0.4, 0.5) is 0 Å². The van der Waals surface area contributed by atoms with E-state index in [0.29, 0.717) is 17.9 Å². The molecule has 0 radical (unpaired) electrons. The number of nitrogens with zero attached hydrogens (tertiary/aromatic N) is 3. The van der Waals surface area contributed by atoms with Gasteiger partial charge < -0.3 is 4.42 Å². The molecule has 2 bridgehead atoms. The molecule has 2 saturated carbocycles. The molecule has 0 spiro atoms. The van der Waals surface area contributed by atoms with Crippen LogP contribution in [0.5, 0.6) is 0 Å². The second-order valence-corrected chi connectivity index (χ2v) is 10.2. The van der Waals surface area contributed by atoms with Gasteiger partial charge in [-0.2, -0.15) is 0 Å². The molecular weight excluding hydrogens is 334 g/mol. The molecule has 4 fully saturated rings. The molecule has 4 atom stereocenters. The van der Waals surface area contributed by atoms with E-state index in [0.717, 1.165) is 35.6 Å². The van der Waals surface area contributed by atoms with Crippen LogP contribution in [0.1, 0.15) is 108 Å². The molecule has 1 aromatic heterocycles. The van der Waals surface area contributed by atoms with E-state index in [4.69, 9.17) is 4.42 Å². The molecule has 0 amide bonds. The lowest BCUT2D eigenvalue weighted by atomic mass is 9.67. The zero-order chi connectivity index (χ0) is 18.4. The van der Waals surface area contributed by atoms with E-state index in [9.17, 15) is 0 Å². The van der Waals surface area contributed by atoms with E-state index in [1.807, 2.05) is 0 Å². The van der Waals surface area contributed by atoms with Gasteiger partial charge in [0.05, 0.1) is 5.92 Å². The van der Waals surface area contributed by atoms with Crippen LogP contribution in [0.2, 0.25) is 0 Å². The van der Waals surface area contributed by atoms with Gasteiger partial charge in [-0.1, -0.05) is 39.0 Å². The lowest BCUT2D eigenvalue weighted by Crippen LogP contribution is -2.47. The average Bonchev–Trinajstić information content (AvgIpc) is 3.26. The summed E-state index contributed by atoms with van der Waals surface area (Å²) in [6.45, 7) is 2.43. The number of piperidine rings is 1. The van der Waals surface area contributed by atoms with E-state index in [2.05, 4.69) is 29.1 Å². The van der Waals surface area contributed by atoms with Crippen molar-refractivity contribution in [3.8, 4) is 0 Å². The topological polar surface area (TPSA) is 42.2 Å². The predicted molar refractivity (Wildman–Crippen MR) is 107 cm³/mol. The second-order valence-electron chi connectivity index (χ2n) is 10.2. The fourth-order valence-electron chi connectivity index (χ4n) is 6.95. The highest BCUT2D eigenvalue weighted by molar-refractivity contribution is 5.11. The van der Waals surface area contributed by atoms with Gasteiger partial charge >= 0.3 is 0 Å². The molecule has 4 heteroatoms. The summed E-state index contributed by atoms with van der Waals surface area (Å²) in [5.41, 5.74) is 0. The normalized spacial score (nSPS) is 41.1. The van der Waals surface area contributed by atoms with Gasteiger partial charge in [-0.15, -0.1) is 10.2 Å². The third kappa shape index (κ3) is 3.36. The first-order chi connectivity index (χ1) is 13.2. The van der Waals surface area contributed by atoms with Crippen LogP contribution in [0, 0.1) is 17.8 Å². The summed E-state index contributed by atoms with van der Waals surface area (Å²) in [4.78, 5) is 2.65. The van der Waals surface area contributed by atoms with Gasteiger partial charge in [0, 0.05) is 18.0 Å².